The lowest BCUT2D eigenvalue weighted by Crippen LogP contribution is -2.26. The third kappa shape index (κ3) is 1.25. The van der Waals surface area contributed by atoms with Gasteiger partial charge in [-0.3, -0.25) is 0 Å². The van der Waals surface area contributed by atoms with Gasteiger partial charge >= 0.3 is 0 Å². The van der Waals surface area contributed by atoms with Crippen molar-refractivity contribution in [1.29, 1.82) is 0 Å². The first-order valence-corrected chi connectivity index (χ1v) is 3.64. The molecule has 0 unspecified atom stereocenters. The Balaban J connectivity index is 2.45. The summed E-state index contributed by atoms with van der Waals surface area (Å²) in [6, 6.07) is 0. The largest absolute Gasteiger partial charge is 0.396 e. The van der Waals surface area contributed by atoms with Crippen LogP contribution in [0.5, 0.6) is 0 Å². The summed E-state index contributed by atoms with van der Waals surface area (Å²) in [7, 11) is 0. The van der Waals surface area contributed by atoms with E-state index < -0.39 is 0 Å². The second-order valence-corrected chi connectivity index (χ2v) is 2.94. The maximum atomic E-state index is 8.98. The molecule has 0 amide bonds. The van der Waals surface area contributed by atoms with Gasteiger partial charge in [-0.2, -0.15) is 0 Å². The number of nitrogens with one attached hydrogen (secondary N) is 1. The van der Waals surface area contributed by atoms with Crippen LogP contribution in [-0.4, -0.2) is 24.8 Å². The molecule has 1 fully saturated rings. The zero-order valence-corrected chi connectivity index (χ0v) is 5.98. The van der Waals surface area contributed by atoms with E-state index in [1.54, 1.807) is 0 Å². The Morgan fingerprint density at radius 3 is 2.67 bits per heavy atom. The molecule has 0 spiro atoms. The van der Waals surface area contributed by atoms with E-state index in [0.29, 0.717) is 6.61 Å². The molecular formula is C7H15NO. The molecule has 0 aromatic heterocycles. The van der Waals surface area contributed by atoms with E-state index in [9.17, 15) is 0 Å². The van der Waals surface area contributed by atoms with Crippen molar-refractivity contribution in [2.75, 3.05) is 19.7 Å². The average Bonchev–Trinajstić information content (AvgIpc) is 2.36. The molecule has 9 heavy (non-hydrogen) atoms. The summed E-state index contributed by atoms with van der Waals surface area (Å²) in [5, 5.41) is 12.2. The number of aliphatic hydroxyl groups is 1. The second-order valence-electron chi connectivity index (χ2n) is 2.94. The summed E-state index contributed by atoms with van der Waals surface area (Å²) in [6.45, 7) is 4.56. The second kappa shape index (κ2) is 2.67. The molecule has 0 saturated carbocycles. The molecule has 1 aliphatic heterocycles. The van der Waals surface area contributed by atoms with Crippen molar-refractivity contribution in [2.45, 2.75) is 19.8 Å². The maximum Gasteiger partial charge on any atom is 0.0499 e. The Labute approximate surface area is 56.3 Å². The van der Waals surface area contributed by atoms with Crippen LogP contribution in [0.4, 0.5) is 0 Å². The number of hydrogen-bond acceptors (Lipinski definition) is 2. The van der Waals surface area contributed by atoms with Crippen molar-refractivity contribution in [3.8, 4) is 0 Å². The predicted octanol–water partition coefficient (Wildman–Crippen LogP) is 0.368. The molecule has 2 nitrogen and oxygen atoms in total. The summed E-state index contributed by atoms with van der Waals surface area (Å²) < 4.78 is 0. The van der Waals surface area contributed by atoms with Crippen molar-refractivity contribution < 1.29 is 5.11 Å². The molecule has 1 saturated heterocycles. The fourth-order valence-corrected chi connectivity index (χ4v) is 1.34. The zero-order valence-electron chi connectivity index (χ0n) is 5.98. The van der Waals surface area contributed by atoms with Crippen LogP contribution in [0, 0.1) is 5.41 Å². The molecule has 1 rings (SSSR count). The highest BCUT2D eigenvalue weighted by molar-refractivity contribution is 4.85. The molecule has 0 radical (unpaired) electrons. The van der Waals surface area contributed by atoms with Gasteiger partial charge in [0.05, 0.1) is 0 Å². The summed E-state index contributed by atoms with van der Waals surface area (Å²) >= 11 is 0. The fraction of sp³-hybridized carbons (Fsp3) is 1.00. The van der Waals surface area contributed by atoms with Crippen LogP contribution in [-0.2, 0) is 0 Å². The Hall–Kier alpha value is -0.0800. The first-order chi connectivity index (χ1) is 4.33. The normalized spacial score (nSPS) is 35.3. The van der Waals surface area contributed by atoms with Gasteiger partial charge in [0.1, 0.15) is 0 Å². The first-order valence-electron chi connectivity index (χ1n) is 3.64. The number of hydrogen-bond donors (Lipinski definition) is 2. The van der Waals surface area contributed by atoms with Crippen molar-refractivity contribution in [2.24, 2.45) is 5.41 Å². The van der Waals surface area contributed by atoms with Gasteiger partial charge in [-0.25, -0.2) is 0 Å². The van der Waals surface area contributed by atoms with Crippen molar-refractivity contribution >= 4 is 0 Å². The standard InChI is InChI=1S/C7H15NO/c1-2-7(6-9)3-4-8-5-7/h8-9H,2-6H2,1H3/t7-/m1/s1. The fourth-order valence-electron chi connectivity index (χ4n) is 1.34. The monoisotopic (exact) mass is 129 g/mol. The average molecular weight is 129 g/mol. The summed E-state index contributed by atoms with van der Waals surface area (Å²) in [6.07, 6.45) is 2.23. The number of rotatable bonds is 2. The van der Waals surface area contributed by atoms with Crippen LogP contribution >= 0.6 is 0 Å². The first kappa shape index (κ1) is 7.03. The molecule has 1 aliphatic rings. The third-order valence-electron chi connectivity index (χ3n) is 2.42. The minimum Gasteiger partial charge on any atom is -0.396 e. The van der Waals surface area contributed by atoms with Crippen molar-refractivity contribution in [3.05, 3.63) is 0 Å². The molecule has 0 aliphatic carbocycles. The molecule has 1 heterocycles. The van der Waals surface area contributed by atoms with Crippen LogP contribution in [0.3, 0.4) is 0 Å². The van der Waals surface area contributed by atoms with Crippen LogP contribution in [0.1, 0.15) is 19.8 Å². The predicted molar refractivity (Wildman–Crippen MR) is 37.3 cm³/mol. The molecular weight excluding hydrogens is 114 g/mol. The number of aliphatic hydroxyl groups excluding tert-OH is 1. The Morgan fingerprint density at radius 2 is 2.44 bits per heavy atom. The van der Waals surface area contributed by atoms with Gasteiger partial charge in [-0.05, 0) is 19.4 Å². The van der Waals surface area contributed by atoms with Gasteiger partial charge in [-0.1, -0.05) is 6.92 Å². The van der Waals surface area contributed by atoms with E-state index in [1.165, 1.54) is 0 Å². The minimum atomic E-state index is 0.222. The SMILES string of the molecule is CC[C@@]1(CO)CCNC1. The van der Waals surface area contributed by atoms with Gasteiger partial charge in [0.25, 0.3) is 0 Å². The van der Waals surface area contributed by atoms with E-state index in [-0.39, 0.29) is 5.41 Å². The summed E-state index contributed by atoms with van der Waals surface area (Å²) in [5.41, 5.74) is 0.222. The van der Waals surface area contributed by atoms with Gasteiger partial charge in [0.15, 0.2) is 0 Å². The highest BCUT2D eigenvalue weighted by Crippen LogP contribution is 2.27. The summed E-state index contributed by atoms with van der Waals surface area (Å²) in [5.74, 6) is 0. The van der Waals surface area contributed by atoms with E-state index in [2.05, 4.69) is 12.2 Å². The molecule has 1 atom stereocenters. The molecule has 54 valence electrons. The van der Waals surface area contributed by atoms with Crippen LogP contribution in [0.2, 0.25) is 0 Å². The van der Waals surface area contributed by atoms with E-state index in [0.717, 1.165) is 25.9 Å². The van der Waals surface area contributed by atoms with Gasteiger partial charge in [-0.15, -0.1) is 0 Å². The Bertz CT molecular complexity index is 80.9. The molecule has 2 heteroatoms. The molecule has 0 aromatic carbocycles. The van der Waals surface area contributed by atoms with Crippen molar-refractivity contribution in [3.63, 3.8) is 0 Å². The highest BCUT2D eigenvalue weighted by atomic mass is 16.3. The van der Waals surface area contributed by atoms with Gasteiger partial charge in [0, 0.05) is 18.6 Å². The van der Waals surface area contributed by atoms with Gasteiger partial charge in [0.2, 0.25) is 0 Å². The van der Waals surface area contributed by atoms with E-state index in [1.807, 2.05) is 0 Å². The van der Waals surface area contributed by atoms with E-state index >= 15 is 0 Å². The lowest BCUT2D eigenvalue weighted by atomic mass is 9.85. The van der Waals surface area contributed by atoms with Crippen LogP contribution in [0.15, 0.2) is 0 Å². The molecule has 2 N–H and O–H groups in total. The topological polar surface area (TPSA) is 32.3 Å². The van der Waals surface area contributed by atoms with Crippen LogP contribution < -0.4 is 5.32 Å². The van der Waals surface area contributed by atoms with Gasteiger partial charge < -0.3 is 10.4 Å². The zero-order chi connectivity index (χ0) is 6.74. The third-order valence-corrected chi connectivity index (χ3v) is 2.42. The van der Waals surface area contributed by atoms with E-state index in [4.69, 9.17) is 5.11 Å². The lowest BCUT2D eigenvalue weighted by molar-refractivity contribution is 0.139. The van der Waals surface area contributed by atoms with Crippen molar-refractivity contribution in [1.82, 2.24) is 5.32 Å². The minimum absolute atomic E-state index is 0.222. The molecule has 0 bridgehead atoms. The summed E-state index contributed by atoms with van der Waals surface area (Å²) in [4.78, 5) is 0. The molecule has 0 aromatic rings. The Morgan fingerprint density at radius 1 is 1.67 bits per heavy atom. The quantitative estimate of drug-likeness (QED) is 0.564. The Kier molecular flexibility index (Phi) is 2.09. The maximum absolute atomic E-state index is 8.98. The van der Waals surface area contributed by atoms with Crippen LogP contribution in [0.25, 0.3) is 0 Å². The highest BCUT2D eigenvalue weighted by Gasteiger charge is 2.30. The lowest BCUT2D eigenvalue weighted by Gasteiger charge is -2.22. The smallest absolute Gasteiger partial charge is 0.0499 e.